The maximum atomic E-state index is 13.2. The first-order chi connectivity index (χ1) is 7.65. The van der Waals surface area contributed by atoms with Crippen molar-refractivity contribution in [2.45, 2.75) is 24.9 Å². The number of hydrogen-bond donors (Lipinski definition) is 1. The molecule has 2 fully saturated rings. The number of fused-ring (bicyclic) bond motifs is 1. The molecule has 2 N–H and O–H groups in total. The van der Waals surface area contributed by atoms with Gasteiger partial charge in [0.15, 0.2) is 11.6 Å². The van der Waals surface area contributed by atoms with E-state index in [-0.39, 0.29) is 12.2 Å². The minimum absolute atomic E-state index is 0.0116. The molecule has 86 valence electrons. The highest BCUT2D eigenvalue weighted by atomic mass is 19.1. The van der Waals surface area contributed by atoms with E-state index in [0.717, 1.165) is 10.8 Å². The molecule has 7 heteroatoms. The minimum Gasteiger partial charge on any atom is -0.381 e. The zero-order chi connectivity index (χ0) is 11.3. The van der Waals surface area contributed by atoms with Crippen LogP contribution in [-0.2, 0) is 9.47 Å². The van der Waals surface area contributed by atoms with Crippen molar-refractivity contribution in [2.24, 2.45) is 0 Å². The van der Waals surface area contributed by atoms with Crippen LogP contribution in [0.5, 0.6) is 0 Å². The molecule has 0 spiro atoms. The van der Waals surface area contributed by atoms with Crippen LogP contribution in [-0.4, -0.2) is 28.4 Å². The van der Waals surface area contributed by atoms with Crippen LogP contribution in [0.2, 0.25) is 0 Å². The van der Waals surface area contributed by atoms with Crippen molar-refractivity contribution < 1.29 is 13.9 Å². The highest BCUT2D eigenvalue weighted by Gasteiger charge is 2.44. The smallest absolute Gasteiger partial charge is 0.351 e. The van der Waals surface area contributed by atoms with Gasteiger partial charge in [0.05, 0.1) is 18.9 Å². The van der Waals surface area contributed by atoms with Gasteiger partial charge >= 0.3 is 5.69 Å². The van der Waals surface area contributed by atoms with Crippen molar-refractivity contribution in [3.8, 4) is 0 Å². The molecular formula is C9H10FN3O3. The third-order valence-electron chi connectivity index (χ3n) is 2.90. The highest BCUT2D eigenvalue weighted by molar-refractivity contribution is 5.26. The van der Waals surface area contributed by atoms with Gasteiger partial charge in [-0.05, 0) is 0 Å². The zero-order valence-electron chi connectivity index (χ0n) is 8.30. The van der Waals surface area contributed by atoms with E-state index in [9.17, 15) is 9.18 Å². The lowest BCUT2D eigenvalue weighted by molar-refractivity contribution is -0.149. The SMILES string of the molecule is Nc1nc(=O)n([C@@H]2C[C@@H]3OC[C@@H]3O2)cc1F. The fourth-order valence-electron chi connectivity index (χ4n) is 1.96. The van der Waals surface area contributed by atoms with Crippen molar-refractivity contribution in [2.75, 3.05) is 12.3 Å². The predicted octanol–water partition coefficient (Wildman–Crippen LogP) is -0.349. The summed E-state index contributed by atoms with van der Waals surface area (Å²) < 4.78 is 25.0. The van der Waals surface area contributed by atoms with Gasteiger partial charge in [0.1, 0.15) is 12.3 Å². The topological polar surface area (TPSA) is 79.4 Å². The molecule has 16 heavy (non-hydrogen) atoms. The molecule has 6 nitrogen and oxygen atoms in total. The fraction of sp³-hybridized carbons (Fsp3) is 0.556. The average Bonchev–Trinajstić information content (AvgIpc) is 2.49. The van der Waals surface area contributed by atoms with Crippen LogP contribution >= 0.6 is 0 Å². The summed E-state index contributed by atoms with van der Waals surface area (Å²) in [7, 11) is 0. The second kappa shape index (κ2) is 3.26. The number of aromatic nitrogens is 2. The normalized spacial score (nSPS) is 32.2. The molecule has 0 amide bonds. The molecular weight excluding hydrogens is 217 g/mol. The van der Waals surface area contributed by atoms with Gasteiger partial charge in [-0.1, -0.05) is 0 Å². The minimum atomic E-state index is -0.719. The summed E-state index contributed by atoms with van der Waals surface area (Å²) in [5.74, 6) is -1.11. The Bertz CT molecular complexity index is 477. The Kier molecular flexibility index (Phi) is 1.98. The quantitative estimate of drug-likeness (QED) is 0.709. The lowest BCUT2D eigenvalue weighted by atomic mass is 10.1. The Balaban J connectivity index is 1.94. The average molecular weight is 227 g/mol. The maximum absolute atomic E-state index is 13.2. The van der Waals surface area contributed by atoms with E-state index in [4.69, 9.17) is 15.2 Å². The largest absolute Gasteiger partial charge is 0.381 e. The number of halogens is 1. The fourth-order valence-corrected chi connectivity index (χ4v) is 1.96. The van der Waals surface area contributed by atoms with Gasteiger partial charge in [0.25, 0.3) is 0 Å². The second-order valence-electron chi connectivity index (χ2n) is 3.90. The van der Waals surface area contributed by atoms with Crippen molar-refractivity contribution in [1.82, 2.24) is 9.55 Å². The standard InChI is InChI=1S/C9H10FN3O3/c10-4-2-13(9(14)12-8(4)11)7-1-5-6(16-7)3-15-5/h2,5-7H,1,3H2,(H2,11,12,14)/t5-,6-,7-/m0/s1. The summed E-state index contributed by atoms with van der Waals surface area (Å²) in [6.45, 7) is 0.529. The number of rotatable bonds is 1. The van der Waals surface area contributed by atoms with Crippen LogP contribution < -0.4 is 11.4 Å². The van der Waals surface area contributed by atoms with Gasteiger partial charge in [-0.3, -0.25) is 4.57 Å². The van der Waals surface area contributed by atoms with Gasteiger partial charge in [0, 0.05) is 6.42 Å². The van der Waals surface area contributed by atoms with E-state index in [0.29, 0.717) is 13.0 Å². The summed E-state index contributed by atoms with van der Waals surface area (Å²) in [5.41, 5.74) is 4.58. The van der Waals surface area contributed by atoms with Gasteiger partial charge in [-0.2, -0.15) is 4.98 Å². The molecule has 3 atom stereocenters. The van der Waals surface area contributed by atoms with E-state index >= 15 is 0 Å². The Labute approximate surface area is 89.8 Å². The van der Waals surface area contributed by atoms with Crippen molar-refractivity contribution in [3.05, 3.63) is 22.5 Å². The van der Waals surface area contributed by atoms with Crippen molar-refractivity contribution in [1.29, 1.82) is 0 Å². The molecule has 1 aromatic rings. The number of hydrogen-bond acceptors (Lipinski definition) is 5. The van der Waals surface area contributed by atoms with Crippen molar-refractivity contribution >= 4 is 5.82 Å². The Morgan fingerprint density at radius 2 is 2.38 bits per heavy atom. The summed E-state index contributed by atoms with van der Waals surface area (Å²) in [5, 5.41) is 0. The lowest BCUT2D eigenvalue weighted by Gasteiger charge is -2.28. The van der Waals surface area contributed by atoms with E-state index < -0.39 is 23.6 Å². The molecule has 3 heterocycles. The molecule has 2 aliphatic heterocycles. The molecule has 0 radical (unpaired) electrons. The highest BCUT2D eigenvalue weighted by Crippen LogP contribution is 2.35. The first-order valence-corrected chi connectivity index (χ1v) is 4.96. The molecule has 3 rings (SSSR count). The molecule has 2 saturated heterocycles. The maximum Gasteiger partial charge on any atom is 0.351 e. The van der Waals surface area contributed by atoms with Crippen LogP contribution in [0.3, 0.4) is 0 Å². The second-order valence-corrected chi connectivity index (χ2v) is 3.90. The van der Waals surface area contributed by atoms with E-state index in [1.54, 1.807) is 0 Å². The Hall–Kier alpha value is -1.47. The number of anilines is 1. The number of nitrogens with zero attached hydrogens (tertiary/aromatic N) is 2. The first-order valence-electron chi connectivity index (χ1n) is 4.96. The molecule has 1 aromatic heterocycles. The molecule has 0 aromatic carbocycles. The van der Waals surface area contributed by atoms with E-state index in [1.165, 1.54) is 0 Å². The van der Waals surface area contributed by atoms with Crippen LogP contribution in [0.15, 0.2) is 11.0 Å². The van der Waals surface area contributed by atoms with Gasteiger partial charge in [-0.25, -0.2) is 9.18 Å². The Morgan fingerprint density at radius 1 is 1.56 bits per heavy atom. The van der Waals surface area contributed by atoms with Gasteiger partial charge in [0.2, 0.25) is 0 Å². The number of ether oxygens (including phenoxy) is 2. The first kappa shape index (κ1) is 9.73. The van der Waals surface area contributed by atoms with Crippen LogP contribution in [0.4, 0.5) is 10.2 Å². The summed E-state index contributed by atoms with van der Waals surface area (Å²) in [4.78, 5) is 14.9. The summed E-state index contributed by atoms with van der Waals surface area (Å²) in [6, 6.07) is 0. The number of nitrogens with two attached hydrogens (primary N) is 1. The zero-order valence-corrected chi connectivity index (χ0v) is 8.30. The van der Waals surface area contributed by atoms with Gasteiger partial charge < -0.3 is 15.2 Å². The predicted molar refractivity (Wildman–Crippen MR) is 51.1 cm³/mol. The third kappa shape index (κ3) is 1.32. The van der Waals surface area contributed by atoms with Crippen LogP contribution in [0.25, 0.3) is 0 Å². The van der Waals surface area contributed by atoms with Crippen molar-refractivity contribution in [3.63, 3.8) is 0 Å². The summed E-state index contributed by atoms with van der Waals surface area (Å²) >= 11 is 0. The molecule has 2 aliphatic rings. The monoisotopic (exact) mass is 227 g/mol. The third-order valence-corrected chi connectivity index (χ3v) is 2.90. The van der Waals surface area contributed by atoms with E-state index in [2.05, 4.69) is 4.98 Å². The summed E-state index contributed by atoms with van der Waals surface area (Å²) in [6.07, 6.45) is 1.08. The van der Waals surface area contributed by atoms with E-state index in [1.807, 2.05) is 0 Å². The number of nitrogen functional groups attached to an aromatic ring is 1. The van der Waals surface area contributed by atoms with Crippen LogP contribution in [0.1, 0.15) is 12.6 Å². The molecule has 0 aliphatic carbocycles. The molecule has 0 unspecified atom stereocenters. The molecule has 0 bridgehead atoms. The Morgan fingerprint density at radius 3 is 2.94 bits per heavy atom. The van der Waals surface area contributed by atoms with Crippen LogP contribution in [0, 0.1) is 5.82 Å². The molecule has 0 saturated carbocycles. The van der Waals surface area contributed by atoms with Gasteiger partial charge in [-0.15, -0.1) is 0 Å². The lowest BCUT2D eigenvalue weighted by Crippen LogP contribution is -2.40.